The van der Waals surface area contributed by atoms with Gasteiger partial charge in [-0.2, -0.15) is 0 Å². The number of carbonyl (C=O) groups excluding carboxylic acids is 2. The average Bonchev–Trinajstić information content (AvgIpc) is 3.11. The zero-order valence-electron chi connectivity index (χ0n) is 32.9. The molecule has 1 atom stereocenters. The number of carbonyl (C=O) groups is 2. The summed E-state index contributed by atoms with van der Waals surface area (Å²) in [6.45, 7) is 5.66. The molecule has 0 fully saturated rings. The molecule has 0 saturated carbocycles. The summed E-state index contributed by atoms with van der Waals surface area (Å²) in [7, 11) is 0. The Morgan fingerprint density at radius 3 is 1.18 bits per heavy atom. The SMILES string of the molecule is CCCCCCCC/C=C\CCCCCCCC(=O)OCCN(CCOC(=O)CCCCCCC/C=C\CCCCCCCC)CC(O)CO. The number of aliphatic hydroxyl groups excluding tert-OH is 2. The number of esters is 2. The van der Waals surface area contributed by atoms with Crippen molar-refractivity contribution in [1.29, 1.82) is 0 Å². The second-order valence-electron chi connectivity index (χ2n) is 14.2. The Balaban J connectivity index is 3.82. The van der Waals surface area contributed by atoms with Crippen LogP contribution >= 0.6 is 0 Å². The van der Waals surface area contributed by atoms with Crippen molar-refractivity contribution in [1.82, 2.24) is 4.90 Å². The molecular weight excluding hydrogens is 626 g/mol. The van der Waals surface area contributed by atoms with E-state index in [2.05, 4.69) is 38.2 Å². The minimum absolute atomic E-state index is 0.198. The van der Waals surface area contributed by atoms with Crippen molar-refractivity contribution >= 4 is 11.9 Å². The Morgan fingerprint density at radius 2 is 0.840 bits per heavy atom. The van der Waals surface area contributed by atoms with Gasteiger partial charge in [-0.25, -0.2) is 0 Å². The first-order chi connectivity index (χ1) is 24.5. The van der Waals surface area contributed by atoms with E-state index >= 15 is 0 Å². The van der Waals surface area contributed by atoms with Crippen LogP contribution in [0.1, 0.15) is 194 Å². The number of aliphatic hydroxyl groups is 2. The third-order valence-electron chi connectivity index (χ3n) is 9.31. The van der Waals surface area contributed by atoms with Crippen LogP contribution in [0, 0.1) is 0 Å². The van der Waals surface area contributed by atoms with Crippen LogP contribution in [-0.2, 0) is 19.1 Å². The van der Waals surface area contributed by atoms with Crippen LogP contribution in [0.25, 0.3) is 0 Å². The Morgan fingerprint density at radius 1 is 0.520 bits per heavy atom. The van der Waals surface area contributed by atoms with Gasteiger partial charge in [-0.05, 0) is 64.2 Å². The minimum atomic E-state index is -0.895. The van der Waals surface area contributed by atoms with Crippen LogP contribution in [0.15, 0.2) is 24.3 Å². The minimum Gasteiger partial charge on any atom is -0.464 e. The quantitative estimate of drug-likeness (QED) is 0.0373. The van der Waals surface area contributed by atoms with Crippen LogP contribution in [0.5, 0.6) is 0 Å². The van der Waals surface area contributed by atoms with Gasteiger partial charge in [0.15, 0.2) is 0 Å². The summed E-state index contributed by atoms with van der Waals surface area (Å²) in [5.74, 6) is -0.395. The first-order valence-corrected chi connectivity index (χ1v) is 21.2. The van der Waals surface area contributed by atoms with Gasteiger partial charge in [0.25, 0.3) is 0 Å². The monoisotopic (exact) mass is 708 g/mol. The molecule has 0 spiro atoms. The molecule has 7 heteroatoms. The van der Waals surface area contributed by atoms with Crippen LogP contribution in [0.3, 0.4) is 0 Å². The number of ether oxygens (including phenoxy) is 2. The topological polar surface area (TPSA) is 96.3 Å². The predicted octanol–water partition coefficient (Wildman–Crippen LogP) is 10.8. The van der Waals surface area contributed by atoms with E-state index in [0.29, 0.717) is 25.9 Å². The lowest BCUT2D eigenvalue weighted by Gasteiger charge is -2.24. The van der Waals surface area contributed by atoms with Gasteiger partial charge in [-0.1, -0.05) is 141 Å². The first-order valence-electron chi connectivity index (χ1n) is 21.2. The van der Waals surface area contributed by atoms with E-state index in [-0.39, 0.29) is 38.3 Å². The summed E-state index contributed by atoms with van der Waals surface area (Å²) in [5.41, 5.74) is 0. The number of allylic oxidation sites excluding steroid dienone is 4. The number of unbranched alkanes of at least 4 members (excludes halogenated alkanes) is 22. The zero-order chi connectivity index (χ0) is 36.6. The van der Waals surface area contributed by atoms with Gasteiger partial charge in [0.2, 0.25) is 0 Å². The van der Waals surface area contributed by atoms with Gasteiger partial charge in [0.1, 0.15) is 13.2 Å². The zero-order valence-corrected chi connectivity index (χ0v) is 32.9. The summed E-state index contributed by atoms with van der Waals surface area (Å²) < 4.78 is 10.9. The summed E-state index contributed by atoms with van der Waals surface area (Å²) in [6, 6.07) is 0. The molecule has 1 unspecified atom stereocenters. The average molecular weight is 708 g/mol. The molecule has 0 heterocycles. The molecule has 0 rings (SSSR count). The Kier molecular flexibility index (Phi) is 38.7. The summed E-state index contributed by atoms with van der Waals surface area (Å²) in [5, 5.41) is 19.2. The largest absolute Gasteiger partial charge is 0.464 e. The molecule has 0 bridgehead atoms. The van der Waals surface area contributed by atoms with Gasteiger partial charge < -0.3 is 19.7 Å². The van der Waals surface area contributed by atoms with Gasteiger partial charge >= 0.3 is 11.9 Å². The fraction of sp³-hybridized carbons (Fsp3) is 0.860. The van der Waals surface area contributed by atoms with Crippen molar-refractivity contribution in [2.24, 2.45) is 0 Å². The van der Waals surface area contributed by atoms with E-state index in [9.17, 15) is 19.8 Å². The fourth-order valence-electron chi connectivity index (χ4n) is 6.05. The molecule has 0 amide bonds. The lowest BCUT2D eigenvalue weighted by Crippen LogP contribution is -2.39. The molecule has 50 heavy (non-hydrogen) atoms. The van der Waals surface area contributed by atoms with Gasteiger partial charge in [0, 0.05) is 32.5 Å². The highest BCUT2D eigenvalue weighted by Gasteiger charge is 2.13. The molecule has 0 saturated heterocycles. The molecule has 2 N–H and O–H groups in total. The maximum absolute atomic E-state index is 12.2. The highest BCUT2D eigenvalue weighted by molar-refractivity contribution is 5.69. The van der Waals surface area contributed by atoms with E-state index < -0.39 is 6.10 Å². The van der Waals surface area contributed by atoms with Crippen molar-refractivity contribution in [2.75, 3.05) is 39.5 Å². The Bertz CT molecular complexity index is 727. The number of hydrogen-bond acceptors (Lipinski definition) is 7. The van der Waals surface area contributed by atoms with Crippen LogP contribution in [0.2, 0.25) is 0 Å². The maximum atomic E-state index is 12.2. The predicted molar refractivity (Wildman–Crippen MR) is 210 cm³/mol. The van der Waals surface area contributed by atoms with Crippen molar-refractivity contribution in [3.63, 3.8) is 0 Å². The van der Waals surface area contributed by atoms with Gasteiger partial charge in [-0.3, -0.25) is 14.5 Å². The van der Waals surface area contributed by atoms with Crippen molar-refractivity contribution in [2.45, 2.75) is 200 Å². The van der Waals surface area contributed by atoms with Crippen LogP contribution in [-0.4, -0.2) is 72.6 Å². The third-order valence-corrected chi connectivity index (χ3v) is 9.31. The lowest BCUT2D eigenvalue weighted by molar-refractivity contribution is -0.144. The summed E-state index contributed by atoms with van der Waals surface area (Å²) >= 11 is 0. The molecule has 0 aliphatic heterocycles. The van der Waals surface area contributed by atoms with Crippen molar-refractivity contribution < 1.29 is 29.3 Å². The molecule has 0 aliphatic carbocycles. The molecule has 294 valence electrons. The van der Waals surface area contributed by atoms with E-state index in [1.807, 2.05) is 4.90 Å². The lowest BCUT2D eigenvalue weighted by atomic mass is 10.1. The number of rotatable bonds is 39. The van der Waals surface area contributed by atoms with E-state index in [4.69, 9.17) is 9.47 Å². The van der Waals surface area contributed by atoms with Crippen LogP contribution < -0.4 is 0 Å². The molecule has 0 aliphatic rings. The highest BCUT2D eigenvalue weighted by Crippen LogP contribution is 2.12. The maximum Gasteiger partial charge on any atom is 0.305 e. The molecular formula is C43H81NO6. The molecule has 0 aromatic heterocycles. The van der Waals surface area contributed by atoms with E-state index in [1.54, 1.807) is 0 Å². The third kappa shape index (κ3) is 37.6. The molecule has 0 radical (unpaired) electrons. The standard InChI is InChI=1S/C43H81NO6/c1-3-5-7-9-11-13-15-17-19-21-23-25-27-29-31-33-42(47)49-37-35-44(39-41(46)40-45)36-38-50-43(48)34-32-30-28-26-24-22-20-18-16-14-12-10-8-6-4-2/h17-20,41,45-46H,3-16,21-40H2,1-2H3/b19-17-,20-18-. The smallest absolute Gasteiger partial charge is 0.305 e. The first kappa shape index (κ1) is 48.3. The van der Waals surface area contributed by atoms with Crippen molar-refractivity contribution in [3.8, 4) is 0 Å². The molecule has 0 aromatic carbocycles. The van der Waals surface area contributed by atoms with Gasteiger partial charge in [-0.15, -0.1) is 0 Å². The van der Waals surface area contributed by atoms with Crippen molar-refractivity contribution in [3.05, 3.63) is 24.3 Å². The second-order valence-corrected chi connectivity index (χ2v) is 14.2. The van der Waals surface area contributed by atoms with E-state index in [1.165, 1.54) is 116 Å². The molecule has 0 aromatic rings. The Hall–Kier alpha value is -1.70. The normalized spacial score (nSPS) is 12.4. The summed E-state index contributed by atoms with van der Waals surface area (Å²) in [4.78, 5) is 26.3. The summed E-state index contributed by atoms with van der Waals surface area (Å²) in [6.07, 6.45) is 41.0. The van der Waals surface area contributed by atoms with Gasteiger partial charge in [0.05, 0.1) is 12.7 Å². The number of nitrogens with zero attached hydrogens (tertiary/aromatic N) is 1. The molecule has 7 nitrogen and oxygen atoms in total. The highest BCUT2D eigenvalue weighted by atomic mass is 16.5. The Labute approximate surface area is 309 Å². The van der Waals surface area contributed by atoms with E-state index in [0.717, 1.165) is 51.4 Å². The number of hydrogen-bond donors (Lipinski definition) is 2. The van der Waals surface area contributed by atoms with Crippen LogP contribution in [0.4, 0.5) is 0 Å². The fourth-order valence-corrected chi connectivity index (χ4v) is 6.05. The second kappa shape index (κ2) is 40.1.